The standard InChI is InChI=1S/C13H17N5S/c1-2-11(19-10(1)8-4-6-17-18-8)13-12-9(3-5-14-13)15-7-16-12/h1-2,7-8,13-14,17-18H,3-6H2,(H,15,16). The normalized spacial score (nSPS) is 26.5. The Labute approximate surface area is 115 Å². The summed E-state index contributed by atoms with van der Waals surface area (Å²) in [4.78, 5) is 10.5. The topological polar surface area (TPSA) is 64.8 Å². The molecule has 2 aliphatic heterocycles. The first-order valence-electron chi connectivity index (χ1n) is 6.75. The van der Waals surface area contributed by atoms with Crippen LogP contribution < -0.4 is 16.2 Å². The van der Waals surface area contributed by atoms with Gasteiger partial charge in [0, 0.05) is 35.0 Å². The quantitative estimate of drug-likeness (QED) is 0.666. The van der Waals surface area contributed by atoms with Crippen LogP contribution >= 0.6 is 11.3 Å². The summed E-state index contributed by atoms with van der Waals surface area (Å²) in [6.45, 7) is 2.05. The lowest BCUT2D eigenvalue weighted by molar-refractivity contribution is 0.560. The first kappa shape index (κ1) is 11.6. The van der Waals surface area contributed by atoms with Crippen molar-refractivity contribution in [2.75, 3.05) is 13.1 Å². The Morgan fingerprint density at radius 1 is 1.21 bits per heavy atom. The number of hydrogen-bond acceptors (Lipinski definition) is 5. The summed E-state index contributed by atoms with van der Waals surface area (Å²) in [5, 5.41) is 3.57. The summed E-state index contributed by atoms with van der Waals surface area (Å²) in [6.07, 6.45) is 4.01. The van der Waals surface area contributed by atoms with Crippen LogP contribution in [0.5, 0.6) is 0 Å². The number of rotatable bonds is 2. The zero-order chi connectivity index (χ0) is 12.7. The van der Waals surface area contributed by atoms with Gasteiger partial charge in [-0.25, -0.2) is 10.4 Å². The van der Waals surface area contributed by atoms with Gasteiger partial charge in [0.05, 0.1) is 24.1 Å². The molecule has 1 fully saturated rings. The molecule has 0 aliphatic carbocycles. The molecular formula is C13H17N5S. The van der Waals surface area contributed by atoms with Crippen molar-refractivity contribution in [3.05, 3.63) is 39.6 Å². The van der Waals surface area contributed by atoms with Gasteiger partial charge in [0.15, 0.2) is 0 Å². The monoisotopic (exact) mass is 275 g/mol. The van der Waals surface area contributed by atoms with E-state index in [0.29, 0.717) is 6.04 Å². The molecule has 2 aliphatic rings. The number of thiophene rings is 1. The molecule has 5 nitrogen and oxygen atoms in total. The van der Waals surface area contributed by atoms with Crippen LogP contribution in [0.15, 0.2) is 18.5 Å². The van der Waals surface area contributed by atoms with E-state index in [2.05, 4.69) is 38.3 Å². The molecule has 0 saturated carbocycles. The number of H-pyrrole nitrogens is 1. The largest absolute Gasteiger partial charge is 0.348 e. The van der Waals surface area contributed by atoms with Gasteiger partial charge in [0.1, 0.15) is 0 Å². The lowest BCUT2D eigenvalue weighted by atomic mass is 10.0. The minimum absolute atomic E-state index is 0.253. The van der Waals surface area contributed by atoms with Gasteiger partial charge >= 0.3 is 0 Å². The number of imidazole rings is 1. The predicted molar refractivity (Wildman–Crippen MR) is 75.0 cm³/mol. The Balaban J connectivity index is 1.63. The number of fused-ring (bicyclic) bond motifs is 1. The summed E-state index contributed by atoms with van der Waals surface area (Å²) >= 11 is 1.88. The van der Waals surface area contributed by atoms with Crippen LogP contribution in [0.1, 0.15) is 39.6 Å². The molecule has 2 atom stereocenters. The van der Waals surface area contributed by atoms with E-state index in [9.17, 15) is 0 Å². The van der Waals surface area contributed by atoms with Crippen LogP contribution in [0.25, 0.3) is 0 Å². The molecule has 6 heteroatoms. The van der Waals surface area contributed by atoms with Crippen molar-refractivity contribution in [3.8, 4) is 0 Å². The van der Waals surface area contributed by atoms with Gasteiger partial charge in [-0.1, -0.05) is 0 Å². The summed E-state index contributed by atoms with van der Waals surface area (Å²) < 4.78 is 0. The minimum Gasteiger partial charge on any atom is -0.348 e. The number of nitrogens with zero attached hydrogens (tertiary/aromatic N) is 1. The summed E-state index contributed by atoms with van der Waals surface area (Å²) in [7, 11) is 0. The lowest BCUT2D eigenvalue weighted by Crippen LogP contribution is -2.30. The van der Waals surface area contributed by atoms with Crippen LogP contribution in [-0.4, -0.2) is 23.1 Å². The van der Waals surface area contributed by atoms with E-state index < -0.39 is 0 Å². The molecule has 4 heterocycles. The average molecular weight is 275 g/mol. The Kier molecular flexibility index (Phi) is 2.88. The van der Waals surface area contributed by atoms with Gasteiger partial charge in [0.25, 0.3) is 0 Å². The highest BCUT2D eigenvalue weighted by atomic mass is 32.1. The average Bonchev–Trinajstić information content (AvgIpc) is 3.18. The number of hydrazine groups is 1. The maximum Gasteiger partial charge on any atom is 0.0926 e. The van der Waals surface area contributed by atoms with Crippen molar-refractivity contribution in [1.82, 2.24) is 26.1 Å². The fourth-order valence-electron chi connectivity index (χ4n) is 2.86. The minimum atomic E-state index is 0.253. The van der Waals surface area contributed by atoms with E-state index >= 15 is 0 Å². The van der Waals surface area contributed by atoms with E-state index in [1.165, 1.54) is 15.4 Å². The summed E-state index contributed by atoms with van der Waals surface area (Å²) in [5.41, 5.74) is 8.96. The van der Waals surface area contributed by atoms with Crippen molar-refractivity contribution in [2.45, 2.75) is 24.9 Å². The predicted octanol–water partition coefficient (Wildman–Crippen LogP) is 1.25. The molecule has 2 unspecified atom stereocenters. The second-order valence-electron chi connectivity index (χ2n) is 5.06. The van der Waals surface area contributed by atoms with Gasteiger partial charge in [-0.2, -0.15) is 0 Å². The third kappa shape index (κ3) is 2.01. The number of hydrogen-bond donors (Lipinski definition) is 4. The van der Waals surface area contributed by atoms with Crippen LogP contribution in [0.3, 0.4) is 0 Å². The molecule has 0 amide bonds. The van der Waals surface area contributed by atoms with Crippen molar-refractivity contribution in [2.24, 2.45) is 0 Å². The van der Waals surface area contributed by atoms with E-state index in [0.717, 1.165) is 31.6 Å². The maximum atomic E-state index is 4.48. The van der Waals surface area contributed by atoms with Gasteiger partial charge in [-0.05, 0) is 18.6 Å². The molecule has 19 heavy (non-hydrogen) atoms. The highest BCUT2D eigenvalue weighted by Crippen LogP contribution is 2.34. The van der Waals surface area contributed by atoms with E-state index in [-0.39, 0.29) is 6.04 Å². The Bertz CT molecular complexity index is 569. The molecule has 100 valence electrons. The first-order chi connectivity index (χ1) is 9.42. The first-order valence-corrected chi connectivity index (χ1v) is 7.57. The van der Waals surface area contributed by atoms with Crippen molar-refractivity contribution < 1.29 is 0 Å². The molecular weight excluding hydrogens is 258 g/mol. The van der Waals surface area contributed by atoms with Crippen molar-refractivity contribution in [3.63, 3.8) is 0 Å². The Morgan fingerprint density at radius 3 is 3.05 bits per heavy atom. The van der Waals surface area contributed by atoms with E-state index in [4.69, 9.17) is 0 Å². The molecule has 2 aromatic heterocycles. The Morgan fingerprint density at radius 2 is 2.16 bits per heavy atom. The molecule has 4 N–H and O–H groups in total. The van der Waals surface area contributed by atoms with Gasteiger partial charge < -0.3 is 10.3 Å². The molecule has 4 rings (SSSR count). The smallest absolute Gasteiger partial charge is 0.0926 e. The SMILES string of the molecule is c1nc2c([nH]1)CCNC2c1ccc(C2CCNN2)s1. The maximum absolute atomic E-state index is 4.48. The lowest BCUT2D eigenvalue weighted by Gasteiger charge is -2.21. The zero-order valence-corrected chi connectivity index (χ0v) is 11.4. The van der Waals surface area contributed by atoms with Crippen molar-refractivity contribution in [1.29, 1.82) is 0 Å². The highest BCUT2D eigenvalue weighted by molar-refractivity contribution is 7.12. The fraction of sp³-hybridized carbons (Fsp3) is 0.462. The molecule has 0 spiro atoms. The zero-order valence-electron chi connectivity index (χ0n) is 10.6. The van der Waals surface area contributed by atoms with Crippen LogP contribution in [0.4, 0.5) is 0 Å². The van der Waals surface area contributed by atoms with Crippen LogP contribution in [0.2, 0.25) is 0 Å². The molecule has 0 bridgehead atoms. The number of nitrogens with one attached hydrogen (secondary N) is 4. The van der Waals surface area contributed by atoms with Gasteiger partial charge in [-0.3, -0.25) is 5.43 Å². The van der Waals surface area contributed by atoms with Gasteiger partial charge in [-0.15, -0.1) is 11.3 Å². The molecule has 0 radical (unpaired) electrons. The highest BCUT2D eigenvalue weighted by Gasteiger charge is 2.26. The van der Waals surface area contributed by atoms with Crippen LogP contribution in [-0.2, 0) is 6.42 Å². The molecule has 2 aromatic rings. The van der Waals surface area contributed by atoms with Gasteiger partial charge in [0.2, 0.25) is 0 Å². The second-order valence-corrected chi connectivity index (χ2v) is 6.20. The number of aromatic nitrogens is 2. The second kappa shape index (κ2) is 4.72. The number of aromatic amines is 1. The third-order valence-corrected chi connectivity index (χ3v) is 5.12. The third-order valence-electron chi connectivity index (χ3n) is 3.86. The van der Waals surface area contributed by atoms with Crippen LogP contribution in [0, 0.1) is 0 Å². The van der Waals surface area contributed by atoms with E-state index in [1.807, 2.05) is 17.7 Å². The van der Waals surface area contributed by atoms with Crippen molar-refractivity contribution >= 4 is 11.3 Å². The summed E-state index contributed by atoms with van der Waals surface area (Å²) in [5.74, 6) is 0. The Hall–Kier alpha value is -1.21. The molecule has 0 aromatic carbocycles. The molecule has 1 saturated heterocycles. The van der Waals surface area contributed by atoms with E-state index in [1.54, 1.807) is 0 Å². The fourth-order valence-corrected chi connectivity index (χ4v) is 4.04. The summed E-state index contributed by atoms with van der Waals surface area (Å²) in [6, 6.07) is 5.19.